The first-order valence-corrected chi connectivity index (χ1v) is 8.34. The lowest BCUT2D eigenvalue weighted by Gasteiger charge is -2.13. The lowest BCUT2D eigenvalue weighted by atomic mass is 10.0. The molecule has 1 aromatic heterocycles. The standard InChI is InChI=1S/C21H20O6/c1-11-8-15-17(9-12(11)2)27-20(21(19(15)23)26-13(3)22)14-6-7-16(24-4)18(10-14)25-5/h6-10H,1-5H3. The molecule has 3 rings (SSSR count). The number of fused-ring (bicyclic) bond motifs is 1. The van der Waals surface area contributed by atoms with E-state index in [-0.39, 0.29) is 11.5 Å². The third kappa shape index (κ3) is 3.38. The number of rotatable bonds is 4. The van der Waals surface area contributed by atoms with Crippen LogP contribution < -0.4 is 19.6 Å². The van der Waals surface area contributed by atoms with Gasteiger partial charge in [-0.1, -0.05) is 0 Å². The number of hydrogen-bond donors (Lipinski definition) is 0. The van der Waals surface area contributed by atoms with Crippen LogP contribution in [-0.4, -0.2) is 20.2 Å². The number of aryl methyl sites for hydroxylation is 2. The van der Waals surface area contributed by atoms with E-state index in [1.807, 2.05) is 13.8 Å². The van der Waals surface area contributed by atoms with Gasteiger partial charge in [0.2, 0.25) is 11.2 Å². The van der Waals surface area contributed by atoms with Gasteiger partial charge in [-0.2, -0.15) is 0 Å². The van der Waals surface area contributed by atoms with Gasteiger partial charge >= 0.3 is 5.97 Å². The Kier molecular flexibility index (Phi) is 4.90. The normalized spacial score (nSPS) is 10.7. The van der Waals surface area contributed by atoms with Gasteiger partial charge in [0.25, 0.3) is 0 Å². The molecule has 6 nitrogen and oxygen atoms in total. The van der Waals surface area contributed by atoms with Gasteiger partial charge in [0.15, 0.2) is 17.3 Å². The molecule has 0 aliphatic heterocycles. The molecule has 0 amide bonds. The Bertz CT molecular complexity index is 1090. The van der Waals surface area contributed by atoms with Gasteiger partial charge in [-0.05, 0) is 55.3 Å². The predicted molar refractivity (Wildman–Crippen MR) is 102 cm³/mol. The molecule has 27 heavy (non-hydrogen) atoms. The van der Waals surface area contributed by atoms with E-state index in [2.05, 4.69) is 0 Å². The number of carbonyl (C=O) groups is 1. The van der Waals surface area contributed by atoms with Crippen LogP contribution in [0, 0.1) is 13.8 Å². The Balaban J connectivity index is 2.35. The van der Waals surface area contributed by atoms with E-state index < -0.39 is 11.4 Å². The van der Waals surface area contributed by atoms with Crippen LogP contribution in [0.5, 0.6) is 17.2 Å². The Hall–Kier alpha value is -3.28. The van der Waals surface area contributed by atoms with E-state index in [0.29, 0.717) is 28.0 Å². The van der Waals surface area contributed by atoms with Crippen LogP contribution in [0.15, 0.2) is 39.5 Å². The summed E-state index contributed by atoms with van der Waals surface area (Å²) in [6.45, 7) is 5.08. The molecule has 0 unspecified atom stereocenters. The summed E-state index contributed by atoms with van der Waals surface area (Å²) in [5.41, 5.74) is 2.48. The molecule has 0 saturated carbocycles. The second kappa shape index (κ2) is 7.15. The van der Waals surface area contributed by atoms with Gasteiger partial charge in [0, 0.05) is 12.5 Å². The van der Waals surface area contributed by atoms with E-state index in [0.717, 1.165) is 11.1 Å². The highest BCUT2D eigenvalue weighted by Gasteiger charge is 2.21. The first-order chi connectivity index (χ1) is 12.8. The predicted octanol–water partition coefficient (Wildman–Crippen LogP) is 4.02. The minimum Gasteiger partial charge on any atom is -0.493 e. The van der Waals surface area contributed by atoms with E-state index in [4.69, 9.17) is 18.6 Å². The quantitative estimate of drug-likeness (QED) is 0.648. The number of benzene rings is 2. The summed E-state index contributed by atoms with van der Waals surface area (Å²) in [5.74, 6) is 0.404. The molecule has 2 aromatic carbocycles. The van der Waals surface area contributed by atoms with E-state index in [9.17, 15) is 9.59 Å². The lowest BCUT2D eigenvalue weighted by Crippen LogP contribution is -2.13. The van der Waals surface area contributed by atoms with Crippen molar-refractivity contribution < 1.29 is 23.4 Å². The Morgan fingerprint density at radius 1 is 0.963 bits per heavy atom. The molecule has 3 aromatic rings. The number of methoxy groups -OCH3 is 2. The highest BCUT2D eigenvalue weighted by molar-refractivity contribution is 5.85. The highest BCUT2D eigenvalue weighted by atomic mass is 16.5. The SMILES string of the molecule is COc1ccc(-c2oc3cc(C)c(C)cc3c(=O)c2OC(C)=O)cc1OC. The van der Waals surface area contributed by atoms with Crippen molar-refractivity contribution in [3.05, 3.63) is 51.7 Å². The van der Waals surface area contributed by atoms with Crippen LogP contribution in [0.25, 0.3) is 22.3 Å². The van der Waals surface area contributed by atoms with Crippen molar-refractivity contribution in [2.24, 2.45) is 0 Å². The molecule has 0 aliphatic carbocycles. The fourth-order valence-corrected chi connectivity index (χ4v) is 2.84. The average Bonchev–Trinajstić information content (AvgIpc) is 2.64. The second-order valence-corrected chi connectivity index (χ2v) is 6.19. The van der Waals surface area contributed by atoms with Crippen molar-refractivity contribution in [3.63, 3.8) is 0 Å². The molecule has 0 atom stereocenters. The zero-order chi connectivity index (χ0) is 19.7. The van der Waals surface area contributed by atoms with E-state index in [1.165, 1.54) is 21.1 Å². The Morgan fingerprint density at radius 2 is 1.63 bits per heavy atom. The van der Waals surface area contributed by atoms with Crippen molar-refractivity contribution in [2.75, 3.05) is 14.2 Å². The molecular formula is C21H20O6. The second-order valence-electron chi connectivity index (χ2n) is 6.19. The summed E-state index contributed by atoms with van der Waals surface area (Å²) in [5, 5.41) is 0.360. The molecule has 1 heterocycles. The zero-order valence-corrected chi connectivity index (χ0v) is 15.8. The minimum absolute atomic E-state index is 0.148. The summed E-state index contributed by atoms with van der Waals surface area (Å²) in [6, 6.07) is 8.60. The monoisotopic (exact) mass is 368 g/mol. The van der Waals surface area contributed by atoms with Crippen LogP contribution in [0.3, 0.4) is 0 Å². The molecular weight excluding hydrogens is 348 g/mol. The molecule has 0 spiro atoms. The van der Waals surface area contributed by atoms with Gasteiger partial charge in [0.1, 0.15) is 5.58 Å². The van der Waals surface area contributed by atoms with Crippen LogP contribution in [-0.2, 0) is 4.79 Å². The molecule has 140 valence electrons. The molecule has 0 bridgehead atoms. The third-order valence-corrected chi connectivity index (χ3v) is 4.36. The van der Waals surface area contributed by atoms with Gasteiger partial charge in [-0.15, -0.1) is 0 Å². The summed E-state index contributed by atoms with van der Waals surface area (Å²) in [7, 11) is 3.04. The van der Waals surface area contributed by atoms with Crippen LogP contribution in [0.2, 0.25) is 0 Å². The molecule has 0 saturated heterocycles. The van der Waals surface area contributed by atoms with Crippen molar-refractivity contribution in [1.29, 1.82) is 0 Å². The molecule has 0 fully saturated rings. The first-order valence-electron chi connectivity index (χ1n) is 8.34. The minimum atomic E-state index is -0.604. The molecule has 0 radical (unpaired) electrons. The van der Waals surface area contributed by atoms with E-state index in [1.54, 1.807) is 30.3 Å². The van der Waals surface area contributed by atoms with Crippen LogP contribution >= 0.6 is 0 Å². The average molecular weight is 368 g/mol. The summed E-state index contributed by atoms with van der Waals surface area (Å²) in [6.07, 6.45) is 0. The smallest absolute Gasteiger partial charge is 0.308 e. The zero-order valence-electron chi connectivity index (χ0n) is 15.8. The summed E-state index contributed by atoms with van der Waals surface area (Å²) < 4.78 is 21.8. The van der Waals surface area contributed by atoms with Gasteiger partial charge < -0.3 is 18.6 Å². The molecule has 0 N–H and O–H groups in total. The Labute approximate surface area is 156 Å². The largest absolute Gasteiger partial charge is 0.493 e. The van der Waals surface area contributed by atoms with Crippen molar-refractivity contribution >= 4 is 16.9 Å². The molecule has 6 heteroatoms. The fraction of sp³-hybridized carbons (Fsp3) is 0.238. The topological polar surface area (TPSA) is 75.0 Å². The van der Waals surface area contributed by atoms with Gasteiger partial charge in [0.05, 0.1) is 19.6 Å². The van der Waals surface area contributed by atoms with Crippen molar-refractivity contribution in [2.45, 2.75) is 20.8 Å². The van der Waals surface area contributed by atoms with Crippen molar-refractivity contribution in [3.8, 4) is 28.6 Å². The van der Waals surface area contributed by atoms with E-state index >= 15 is 0 Å². The Morgan fingerprint density at radius 3 is 2.26 bits per heavy atom. The highest BCUT2D eigenvalue weighted by Crippen LogP contribution is 2.37. The maximum Gasteiger partial charge on any atom is 0.308 e. The number of ether oxygens (including phenoxy) is 3. The van der Waals surface area contributed by atoms with Gasteiger partial charge in [-0.25, -0.2) is 0 Å². The lowest BCUT2D eigenvalue weighted by molar-refractivity contribution is -0.131. The molecule has 0 aliphatic rings. The first kappa shape index (κ1) is 18.5. The maximum absolute atomic E-state index is 13.0. The number of carbonyl (C=O) groups excluding carboxylic acids is 1. The van der Waals surface area contributed by atoms with Crippen LogP contribution in [0.1, 0.15) is 18.1 Å². The number of hydrogen-bond acceptors (Lipinski definition) is 6. The van der Waals surface area contributed by atoms with Crippen LogP contribution in [0.4, 0.5) is 0 Å². The maximum atomic E-state index is 13.0. The van der Waals surface area contributed by atoms with Gasteiger partial charge in [-0.3, -0.25) is 9.59 Å². The van der Waals surface area contributed by atoms with Crippen molar-refractivity contribution in [1.82, 2.24) is 0 Å². The summed E-state index contributed by atoms with van der Waals surface area (Å²) >= 11 is 0. The fourth-order valence-electron chi connectivity index (χ4n) is 2.84. The summed E-state index contributed by atoms with van der Waals surface area (Å²) in [4.78, 5) is 24.6. The number of esters is 1. The third-order valence-electron chi connectivity index (χ3n) is 4.36.